The summed E-state index contributed by atoms with van der Waals surface area (Å²) in [5, 5.41) is 3.55. The SMILES string of the molecule is CCNCC(C(C)C)N1CCCCCC1CC. The van der Waals surface area contributed by atoms with Gasteiger partial charge in [0.2, 0.25) is 0 Å². The van der Waals surface area contributed by atoms with Gasteiger partial charge < -0.3 is 5.32 Å². The molecule has 2 atom stereocenters. The standard InChI is InChI=1S/C15H32N2/c1-5-14-10-8-7-9-11-17(14)15(13(3)4)12-16-6-2/h13-16H,5-12H2,1-4H3. The third kappa shape index (κ3) is 4.59. The van der Waals surface area contributed by atoms with Gasteiger partial charge in [-0.2, -0.15) is 0 Å². The minimum atomic E-state index is 0.720. The lowest BCUT2D eigenvalue weighted by atomic mass is 9.98. The van der Waals surface area contributed by atoms with E-state index in [1.165, 1.54) is 38.6 Å². The first-order valence-electron chi connectivity index (χ1n) is 7.67. The van der Waals surface area contributed by atoms with Gasteiger partial charge in [0.15, 0.2) is 0 Å². The van der Waals surface area contributed by atoms with E-state index >= 15 is 0 Å². The molecule has 1 N–H and O–H groups in total. The molecule has 0 spiro atoms. The number of hydrogen-bond donors (Lipinski definition) is 1. The molecule has 102 valence electrons. The van der Waals surface area contributed by atoms with E-state index in [4.69, 9.17) is 0 Å². The first-order chi connectivity index (χ1) is 8.20. The zero-order valence-electron chi connectivity index (χ0n) is 12.3. The van der Waals surface area contributed by atoms with Crippen molar-refractivity contribution < 1.29 is 0 Å². The van der Waals surface area contributed by atoms with Gasteiger partial charge in [-0.25, -0.2) is 0 Å². The summed E-state index contributed by atoms with van der Waals surface area (Å²) in [5.41, 5.74) is 0. The van der Waals surface area contributed by atoms with Crippen molar-refractivity contribution in [1.29, 1.82) is 0 Å². The summed E-state index contributed by atoms with van der Waals surface area (Å²) in [5.74, 6) is 0.751. The number of hydrogen-bond acceptors (Lipinski definition) is 2. The highest BCUT2D eigenvalue weighted by atomic mass is 15.2. The quantitative estimate of drug-likeness (QED) is 0.766. The van der Waals surface area contributed by atoms with E-state index in [-0.39, 0.29) is 0 Å². The number of nitrogens with zero attached hydrogens (tertiary/aromatic N) is 1. The second kappa shape index (κ2) is 8.10. The fourth-order valence-electron chi connectivity index (χ4n) is 3.10. The van der Waals surface area contributed by atoms with Crippen LogP contribution in [-0.4, -0.2) is 36.6 Å². The molecular formula is C15H32N2. The molecule has 0 aromatic rings. The largest absolute Gasteiger partial charge is 0.315 e. The number of likely N-dealkylation sites (tertiary alicyclic amines) is 1. The van der Waals surface area contributed by atoms with Gasteiger partial charge in [-0.05, 0) is 38.3 Å². The summed E-state index contributed by atoms with van der Waals surface area (Å²) in [6, 6.07) is 1.54. The molecule has 17 heavy (non-hydrogen) atoms. The van der Waals surface area contributed by atoms with E-state index in [0.29, 0.717) is 0 Å². The van der Waals surface area contributed by atoms with Gasteiger partial charge in [0.05, 0.1) is 0 Å². The van der Waals surface area contributed by atoms with Gasteiger partial charge in [-0.15, -0.1) is 0 Å². The van der Waals surface area contributed by atoms with Crippen LogP contribution < -0.4 is 5.32 Å². The average molecular weight is 240 g/mol. The molecule has 1 heterocycles. The van der Waals surface area contributed by atoms with Crippen molar-refractivity contribution in [3.63, 3.8) is 0 Å². The Balaban J connectivity index is 2.66. The minimum Gasteiger partial charge on any atom is -0.315 e. The van der Waals surface area contributed by atoms with E-state index in [2.05, 4.69) is 37.9 Å². The number of likely N-dealkylation sites (N-methyl/N-ethyl adjacent to an activating group) is 1. The van der Waals surface area contributed by atoms with Gasteiger partial charge >= 0.3 is 0 Å². The Bertz CT molecular complexity index is 191. The van der Waals surface area contributed by atoms with Crippen molar-refractivity contribution in [2.75, 3.05) is 19.6 Å². The molecule has 0 radical (unpaired) electrons. The Morgan fingerprint density at radius 2 is 1.94 bits per heavy atom. The zero-order chi connectivity index (χ0) is 12.7. The van der Waals surface area contributed by atoms with Gasteiger partial charge in [0.25, 0.3) is 0 Å². The van der Waals surface area contributed by atoms with Crippen molar-refractivity contribution in [3.05, 3.63) is 0 Å². The Hall–Kier alpha value is -0.0800. The van der Waals surface area contributed by atoms with Crippen LogP contribution in [0.2, 0.25) is 0 Å². The second-order valence-corrected chi connectivity index (χ2v) is 5.77. The molecule has 2 heteroatoms. The highest BCUT2D eigenvalue weighted by molar-refractivity contribution is 4.84. The highest BCUT2D eigenvalue weighted by Crippen LogP contribution is 2.24. The average Bonchev–Trinajstić information content (AvgIpc) is 2.54. The topological polar surface area (TPSA) is 15.3 Å². The molecule has 2 nitrogen and oxygen atoms in total. The number of rotatable bonds is 6. The molecule has 1 rings (SSSR count). The van der Waals surface area contributed by atoms with Crippen LogP contribution in [0.25, 0.3) is 0 Å². The molecule has 1 fully saturated rings. The smallest absolute Gasteiger partial charge is 0.0246 e. The monoisotopic (exact) mass is 240 g/mol. The van der Waals surface area contributed by atoms with Crippen LogP contribution >= 0.6 is 0 Å². The van der Waals surface area contributed by atoms with E-state index < -0.39 is 0 Å². The fraction of sp³-hybridized carbons (Fsp3) is 1.00. The van der Waals surface area contributed by atoms with Crippen LogP contribution in [0.15, 0.2) is 0 Å². The lowest BCUT2D eigenvalue weighted by Crippen LogP contribution is -2.50. The predicted molar refractivity (Wildman–Crippen MR) is 76.4 cm³/mol. The minimum absolute atomic E-state index is 0.720. The Kier molecular flexibility index (Phi) is 7.14. The van der Waals surface area contributed by atoms with Gasteiger partial charge in [-0.3, -0.25) is 4.90 Å². The molecule has 1 saturated heterocycles. The molecule has 1 aliphatic heterocycles. The maximum atomic E-state index is 3.55. The van der Waals surface area contributed by atoms with E-state index in [9.17, 15) is 0 Å². The number of nitrogens with one attached hydrogen (secondary N) is 1. The molecule has 0 aromatic carbocycles. The molecule has 0 amide bonds. The van der Waals surface area contributed by atoms with Crippen molar-refractivity contribution in [3.8, 4) is 0 Å². The predicted octanol–water partition coefficient (Wildman–Crippen LogP) is 3.28. The van der Waals surface area contributed by atoms with E-state index in [1.807, 2.05) is 0 Å². The summed E-state index contributed by atoms with van der Waals surface area (Å²) in [6.07, 6.45) is 6.98. The molecule has 0 saturated carbocycles. The summed E-state index contributed by atoms with van der Waals surface area (Å²) in [6.45, 7) is 12.9. The molecule has 2 unspecified atom stereocenters. The normalized spacial score (nSPS) is 24.9. The first kappa shape index (κ1) is 15.0. The molecular weight excluding hydrogens is 208 g/mol. The fourth-order valence-corrected chi connectivity index (χ4v) is 3.10. The van der Waals surface area contributed by atoms with E-state index in [1.54, 1.807) is 0 Å². The third-order valence-electron chi connectivity index (χ3n) is 4.19. The van der Waals surface area contributed by atoms with Crippen molar-refractivity contribution in [2.45, 2.75) is 71.9 Å². The van der Waals surface area contributed by atoms with Crippen molar-refractivity contribution in [2.24, 2.45) is 5.92 Å². The molecule has 0 aromatic heterocycles. The van der Waals surface area contributed by atoms with Crippen LogP contribution in [0.3, 0.4) is 0 Å². The summed E-state index contributed by atoms with van der Waals surface area (Å²) >= 11 is 0. The van der Waals surface area contributed by atoms with Crippen LogP contribution in [0.4, 0.5) is 0 Å². The summed E-state index contributed by atoms with van der Waals surface area (Å²) in [4.78, 5) is 2.81. The maximum Gasteiger partial charge on any atom is 0.0246 e. The van der Waals surface area contributed by atoms with Crippen LogP contribution in [0, 0.1) is 5.92 Å². The molecule has 0 aliphatic carbocycles. The lowest BCUT2D eigenvalue weighted by Gasteiger charge is -2.39. The van der Waals surface area contributed by atoms with Crippen LogP contribution in [0.5, 0.6) is 0 Å². The Morgan fingerprint density at radius 3 is 2.53 bits per heavy atom. The van der Waals surface area contributed by atoms with Crippen molar-refractivity contribution >= 4 is 0 Å². The molecule has 0 bridgehead atoms. The first-order valence-corrected chi connectivity index (χ1v) is 7.67. The highest BCUT2D eigenvalue weighted by Gasteiger charge is 2.28. The summed E-state index contributed by atoms with van der Waals surface area (Å²) < 4.78 is 0. The van der Waals surface area contributed by atoms with E-state index in [0.717, 1.165) is 31.1 Å². The van der Waals surface area contributed by atoms with Crippen LogP contribution in [-0.2, 0) is 0 Å². The summed E-state index contributed by atoms with van der Waals surface area (Å²) in [7, 11) is 0. The second-order valence-electron chi connectivity index (χ2n) is 5.77. The lowest BCUT2D eigenvalue weighted by molar-refractivity contribution is 0.0996. The van der Waals surface area contributed by atoms with Gasteiger partial charge in [-0.1, -0.05) is 40.5 Å². The maximum absolute atomic E-state index is 3.55. The van der Waals surface area contributed by atoms with Crippen LogP contribution in [0.1, 0.15) is 59.8 Å². The third-order valence-corrected chi connectivity index (χ3v) is 4.19. The zero-order valence-corrected chi connectivity index (χ0v) is 12.3. The van der Waals surface area contributed by atoms with Gasteiger partial charge in [0, 0.05) is 18.6 Å². The Morgan fingerprint density at radius 1 is 1.18 bits per heavy atom. The molecule has 1 aliphatic rings. The van der Waals surface area contributed by atoms with Gasteiger partial charge in [0.1, 0.15) is 0 Å². The Labute approximate surface area is 108 Å². The van der Waals surface area contributed by atoms with Crippen molar-refractivity contribution in [1.82, 2.24) is 10.2 Å².